The van der Waals surface area contributed by atoms with Crippen molar-refractivity contribution in [2.75, 3.05) is 0 Å². The fraction of sp³-hybridized carbons (Fsp3) is 0.500. The zero-order chi connectivity index (χ0) is 25.2. The van der Waals surface area contributed by atoms with Crippen molar-refractivity contribution < 1.29 is 31.1 Å². The second-order valence-corrected chi connectivity index (χ2v) is 10.1. The summed E-state index contributed by atoms with van der Waals surface area (Å²) in [6.45, 7) is 2.34. The van der Waals surface area contributed by atoms with Gasteiger partial charge in [-0.25, -0.2) is 13.2 Å². The van der Waals surface area contributed by atoms with Crippen molar-refractivity contribution in [1.82, 2.24) is 0 Å². The lowest BCUT2D eigenvalue weighted by molar-refractivity contribution is -0.275. The minimum absolute atomic E-state index is 0.00714. The van der Waals surface area contributed by atoms with Crippen molar-refractivity contribution in [2.45, 2.75) is 70.6 Å². The third kappa shape index (κ3) is 6.42. The van der Waals surface area contributed by atoms with E-state index in [1.54, 1.807) is 12.1 Å². The first-order chi connectivity index (χ1) is 16.6. The zero-order valence-corrected chi connectivity index (χ0v) is 19.7. The van der Waals surface area contributed by atoms with Crippen molar-refractivity contribution in [3.05, 3.63) is 65.0 Å². The fourth-order valence-corrected chi connectivity index (χ4v) is 5.68. The van der Waals surface area contributed by atoms with Gasteiger partial charge in [-0.05, 0) is 86.0 Å². The second-order valence-electron chi connectivity index (χ2n) is 10.1. The highest BCUT2D eigenvalue weighted by molar-refractivity contribution is 5.83. The molecule has 0 atom stereocenters. The zero-order valence-electron chi connectivity index (χ0n) is 19.7. The number of ether oxygens (including phenoxy) is 1. The quantitative estimate of drug-likeness (QED) is 0.296. The average molecular weight is 497 g/mol. The molecule has 7 heteroatoms. The van der Waals surface area contributed by atoms with E-state index in [-0.39, 0.29) is 5.56 Å². The van der Waals surface area contributed by atoms with E-state index in [2.05, 4.69) is 11.7 Å². The van der Waals surface area contributed by atoms with Gasteiger partial charge in [0.1, 0.15) is 0 Å². The summed E-state index contributed by atoms with van der Waals surface area (Å²) in [6, 6.07) is 8.55. The van der Waals surface area contributed by atoms with E-state index in [0.29, 0.717) is 18.1 Å². The van der Waals surface area contributed by atoms with Crippen molar-refractivity contribution in [2.24, 2.45) is 17.8 Å². The third-order valence-corrected chi connectivity index (χ3v) is 7.74. The monoisotopic (exact) mass is 496 g/mol. The molecule has 2 aromatic carbocycles. The van der Waals surface area contributed by atoms with E-state index < -0.39 is 35.1 Å². The summed E-state index contributed by atoms with van der Waals surface area (Å²) in [5.41, 5.74) is 0.582. The van der Waals surface area contributed by atoms with Crippen LogP contribution in [0.1, 0.15) is 80.9 Å². The first kappa shape index (κ1) is 25.6. The van der Waals surface area contributed by atoms with Gasteiger partial charge < -0.3 is 4.74 Å². The molecule has 2 fully saturated rings. The lowest BCUT2D eigenvalue weighted by Crippen LogP contribution is -2.24. The highest BCUT2D eigenvalue weighted by atomic mass is 19.4. The Bertz CT molecular complexity index is 1030. The Morgan fingerprint density at radius 2 is 1.26 bits per heavy atom. The number of alkyl halides is 3. The normalized spacial score (nSPS) is 26.3. The smallest absolute Gasteiger partial charge is 0.403 e. The molecule has 0 spiro atoms. The molecule has 0 N–H and O–H groups in total. The van der Waals surface area contributed by atoms with Gasteiger partial charge in [-0.1, -0.05) is 44.0 Å². The maximum atomic E-state index is 14.7. The van der Waals surface area contributed by atoms with Gasteiger partial charge in [0.25, 0.3) is 0 Å². The molecular weight excluding hydrogens is 466 g/mol. The molecule has 0 aliphatic heterocycles. The molecule has 0 heterocycles. The third-order valence-electron chi connectivity index (χ3n) is 7.74. The summed E-state index contributed by atoms with van der Waals surface area (Å²) in [6.07, 6.45) is 4.84. The van der Waals surface area contributed by atoms with Gasteiger partial charge in [0.2, 0.25) is 0 Å². The Morgan fingerprint density at radius 1 is 0.743 bits per heavy atom. The van der Waals surface area contributed by atoms with E-state index in [4.69, 9.17) is 0 Å². The Hall–Kier alpha value is -2.44. The van der Waals surface area contributed by atoms with Crippen molar-refractivity contribution in [1.29, 1.82) is 0 Å². The van der Waals surface area contributed by atoms with Crippen LogP contribution in [-0.2, 0) is 0 Å². The largest absolute Gasteiger partial charge is 0.573 e. The number of hydrogen-bond acceptors (Lipinski definition) is 1. The predicted molar refractivity (Wildman–Crippen MR) is 124 cm³/mol. The van der Waals surface area contributed by atoms with Gasteiger partial charge in [0.05, 0.1) is 0 Å². The molecule has 2 aliphatic rings. The van der Waals surface area contributed by atoms with E-state index in [1.165, 1.54) is 50.7 Å². The summed E-state index contributed by atoms with van der Waals surface area (Å²) < 4.78 is 83.6. The predicted octanol–water partition coefficient (Wildman–Crippen LogP) is 9.59. The van der Waals surface area contributed by atoms with Crippen LogP contribution in [0.5, 0.6) is 5.75 Å². The van der Waals surface area contributed by atoms with Gasteiger partial charge in [-0.15, -0.1) is 13.2 Å². The minimum atomic E-state index is -5.09. The Morgan fingerprint density at radius 3 is 1.80 bits per heavy atom. The molecule has 0 radical (unpaired) electrons. The van der Waals surface area contributed by atoms with Gasteiger partial charge in [-0.3, -0.25) is 0 Å². The Balaban J connectivity index is 1.39. The topological polar surface area (TPSA) is 9.23 Å². The molecule has 35 heavy (non-hydrogen) atoms. The molecule has 4 rings (SSSR count). The molecule has 0 saturated heterocycles. The van der Waals surface area contributed by atoms with Crippen LogP contribution in [0.15, 0.2) is 42.5 Å². The maximum absolute atomic E-state index is 14.7. The van der Waals surface area contributed by atoms with E-state index in [0.717, 1.165) is 42.2 Å². The molecule has 0 amide bonds. The molecule has 2 aromatic rings. The molecule has 0 bridgehead atoms. The Labute approximate surface area is 202 Å². The van der Waals surface area contributed by atoms with Crippen LogP contribution in [0.4, 0.5) is 26.3 Å². The standard InChI is InChI=1S/C28H30F6O/c1-17-2-4-18(5-3-17)19-6-8-20(9-7-19)21-10-12-22(13-11-21)26(30)27(31)23-14-15-25(24(29)16-23)35-28(32,33)34/h10-20H,2-9H2,1H3/b27-26+. The van der Waals surface area contributed by atoms with E-state index in [9.17, 15) is 26.3 Å². The highest BCUT2D eigenvalue weighted by Crippen LogP contribution is 2.44. The van der Waals surface area contributed by atoms with Crippen LogP contribution in [0, 0.1) is 23.6 Å². The van der Waals surface area contributed by atoms with Crippen molar-refractivity contribution >= 4 is 11.7 Å². The van der Waals surface area contributed by atoms with Crippen LogP contribution in [0.3, 0.4) is 0 Å². The van der Waals surface area contributed by atoms with Crippen molar-refractivity contribution in [3.8, 4) is 5.75 Å². The van der Waals surface area contributed by atoms with Crippen LogP contribution in [-0.4, -0.2) is 6.36 Å². The summed E-state index contributed by atoms with van der Waals surface area (Å²) in [4.78, 5) is 0. The number of halogens is 6. The van der Waals surface area contributed by atoms with Gasteiger partial charge >= 0.3 is 6.36 Å². The lowest BCUT2D eigenvalue weighted by Gasteiger charge is -2.37. The SMILES string of the molecule is CC1CCC(C2CCC(c3ccc(/C(F)=C(\F)c4ccc(OC(F)(F)F)c(F)c4)cc3)CC2)CC1. The van der Waals surface area contributed by atoms with E-state index in [1.807, 2.05) is 0 Å². The van der Waals surface area contributed by atoms with Gasteiger partial charge in [0.15, 0.2) is 23.2 Å². The van der Waals surface area contributed by atoms with Gasteiger partial charge in [-0.2, -0.15) is 0 Å². The summed E-state index contributed by atoms with van der Waals surface area (Å²) in [7, 11) is 0. The molecule has 0 aromatic heterocycles. The van der Waals surface area contributed by atoms with Crippen LogP contribution in [0.2, 0.25) is 0 Å². The molecule has 2 saturated carbocycles. The molecule has 2 aliphatic carbocycles. The van der Waals surface area contributed by atoms with E-state index >= 15 is 0 Å². The summed E-state index contributed by atoms with van der Waals surface area (Å²) >= 11 is 0. The van der Waals surface area contributed by atoms with Crippen LogP contribution < -0.4 is 4.74 Å². The molecular formula is C28H30F6O. The lowest BCUT2D eigenvalue weighted by atomic mass is 9.68. The fourth-order valence-electron chi connectivity index (χ4n) is 5.68. The van der Waals surface area contributed by atoms with Crippen LogP contribution in [0.25, 0.3) is 11.7 Å². The first-order valence-corrected chi connectivity index (χ1v) is 12.3. The summed E-state index contributed by atoms with van der Waals surface area (Å²) in [5.74, 6) is -2.20. The summed E-state index contributed by atoms with van der Waals surface area (Å²) in [5, 5.41) is 0. The average Bonchev–Trinajstić information content (AvgIpc) is 2.84. The molecule has 190 valence electrons. The van der Waals surface area contributed by atoms with Gasteiger partial charge in [0, 0.05) is 11.1 Å². The molecule has 0 unspecified atom stereocenters. The van der Waals surface area contributed by atoms with Crippen LogP contribution >= 0.6 is 0 Å². The molecule has 1 nitrogen and oxygen atoms in total. The van der Waals surface area contributed by atoms with Crippen molar-refractivity contribution in [3.63, 3.8) is 0 Å². The first-order valence-electron chi connectivity index (χ1n) is 12.3. The maximum Gasteiger partial charge on any atom is 0.573 e. The highest BCUT2D eigenvalue weighted by Gasteiger charge is 2.33. The minimum Gasteiger partial charge on any atom is -0.403 e. The number of hydrogen-bond donors (Lipinski definition) is 0. The number of benzene rings is 2. The number of rotatable bonds is 5. The second kappa shape index (κ2) is 10.7. The Kier molecular flexibility index (Phi) is 7.82.